The fourth-order valence-electron chi connectivity index (χ4n) is 1.04. The smallest absolute Gasteiger partial charge is 0.229 e. The van der Waals surface area contributed by atoms with Gasteiger partial charge in [0.05, 0.1) is 0 Å². The van der Waals surface area contributed by atoms with Crippen molar-refractivity contribution in [2.24, 2.45) is 0 Å². The lowest BCUT2D eigenvalue weighted by atomic mass is 10.5. The number of anilines is 2. The first-order chi connectivity index (χ1) is 7.24. The third-order valence-electron chi connectivity index (χ3n) is 1.64. The number of halogens is 1. The monoisotopic (exact) mass is 221 g/mol. The normalized spacial score (nSPS) is 10.0. The Morgan fingerprint density at radius 3 is 2.67 bits per heavy atom. The van der Waals surface area contributed by atoms with Crippen LogP contribution in [-0.4, -0.2) is 19.9 Å². The Hall–Kier alpha value is -1.75. The molecule has 0 spiro atoms. The molecule has 0 radical (unpaired) electrons. The van der Waals surface area contributed by atoms with E-state index in [1.807, 2.05) is 6.92 Å². The Morgan fingerprint density at radius 2 is 1.93 bits per heavy atom. The van der Waals surface area contributed by atoms with Crippen molar-refractivity contribution in [3.8, 4) is 0 Å². The molecule has 0 unspecified atom stereocenters. The molecule has 15 heavy (non-hydrogen) atoms. The van der Waals surface area contributed by atoms with Gasteiger partial charge >= 0.3 is 0 Å². The Kier molecular flexibility index (Phi) is 2.73. The number of hydrogen-bond acceptors (Lipinski definition) is 5. The SMILES string of the molecule is Cc1nccc(Nc2nccc(Cl)n2)n1. The van der Waals surface area contributed by atoms with Crippen molar-refractivity contribution in [2.45, 2.75) is 6.92 Å². The molecular weight excluding hydrogens is 214 g/mol. The van der Waals surface area contributed by atoms with Crippen LogP contribution in [0.3, 0.4) is 0 Å². The molecule has 1 N–H and O–H groups in total. The van der Waals surface area contributed by atoms with Crippen molar-refractivity contribution >= 4 is 23.4 Å². The first-order valence-electron chi connectivity index (χ1n) is 4.29. The molecule has 2 rings (SSSR count). The Balaban J connectivity index is 2.22. The zero-order chi connectivity index (χ0) is 10.7. The highest BCUT2D eigenvalue weighted by atomic mass is 35.5. The van der Waals surface area contributed by atoms with Crippen molar-refractivity contribution in [3.05, 3.63) is 35.5 Å². The van der Waals surface area contributed by atoms with Crippen molar-refractivity contribution in [1.29, 1.82) is 0 Å². The highest BCUT2D eigenvalue weighted by Gasteiger charge is 1.99. The molecule has 0 bridgehead atoms. The van der Waals surface area contributed by atoms with Crippen molar-refractivity contribution in [1.82, 2.24) is 19.9 Å². The lowest BCUT2D eigenvalue weighted by Crippen LogP contribution is -1.99. The van der Waals surface area contributed by atoms with E-state index in [1.165, 1.54) is 0 Å². The van der Waals surface area contributed by atoms with Crippen LogP contribution in [0.2, 0.25) is 5.15 Å². The zero-order valence-electron chi connectivity index (χ0n) is 7.98. The van der Waals surface area contributed by atoms with Crippen LogP contribution in [0.15, 0.2) is 24.5 Å². The average Bonchev–Trinajstić information content (AvgIpc) is 2.17. The maximum absolute atomic E-state index is 5.72. The summed E-state index contributed by atoms with van der Waals surface area (Å²) in [5.74, 6) is 1.74. The fourth-order valence-corrected chi connectivity index (χ4v) is 1.17. The highest BCUT2D eigenvalue weighted by Crippen LogP contribution is 2.11. The largest absolute Gasteiger partial charge is 0.309 e. The topological polar surface area (TPSA) is 63.6 Å². The van der Waals surface area contributed by atoms with E-state index < -0.39 is 0 Å². The molecular formula is C9H8ClN5. The molecule has 0 atom stereocenters. The van der Waals surface area contributed by atoms with Gasteiger partial charge in [-0.15, -0.1) is 0 Å². The van der Waals surface area contributed by atoms with E-state index in [0.29, 0.717) is 22.7 Å². The number of nitrogens with one attached hydrogen (secondary N) is 1. The molecule has 2 aromatic heterocycles. The molecule has 0 aliphatic carbocycles. The quantitative estimate of drug-likeness (QED) is 0.786. The predicted molar refractivity (Wildman–Crippen MR) is 57.1 cm³/mol. The first-order valence-corrected chi connectivity index (χ1v) is 4.67. The lowest BCUT2D eigenvalue weighted by Gasteiger charge is -2.03. The summed E-state index contributed by atoms with van der Waals surface area (Å²) in [5, 5.41) is 3.32. The number of nitrogens with zero attached hydrogens (tertiary/aromatic N) is 4. The minimum absolute atomic E-state index is 0.387. The van der Waals surface area contributed by atoms with Crippen molar-refractivity contribution in [2.75, 3.05) is 5.32 Å². The summed E-state index contributed by atoms with van der Waals surface area (Å²) in [6.45, 7) is 1.81. The highest BCUT2D eigenvalue weighted by molar-refractivity contribution is 6.29. The number of hydrogen-bond donors (Lipinski definition) is 1. The van der Waals surface area contributed by atoms with Crippen LogP contribution in [0, 0.1) is 6.92 Å². The van der Waals surface area contributed by atoms with Gasteiger partial charge in [0.1, 0.15) is 16.8 Å². The second-order valence-corrected chi connectivity index (χ2v) is 3.20. The number of aromatic nitrogens is 4. The third kappa shape index (κ3) is 2.60. The molecule has 0 amide bonds. The van der Waals surface area contributed by atoms with E-state index in [0.717, 1.165) is 0 Å². The minimum Gasteiger partial charge on any atom is -0.309 e. The van der Waals surface area contributed by atoms with E-state index in [1.54, 1.807) is 24.5 Å². The molecule has 0 fully saturated rings. The number of rotatable bonds is 2. The standard InChI is InChI=1S/C9H8ClN5/c1-6-11-5-3-8(13-6)15-9-12-4-2-7(10)14-9/h2-5H,1H3,(H,11,12,13,14,15). The Labute approximate surface area is 91.6 Å². The van der Waals surface area contributed by atoms with Gasteiger partial charge in [0.25, 0.3) is 0 Å². The van der Waals surface area contributed by atoms with Gasteiger partial charge in [-0.2, -0.15) is 0 Å². The van der Waals surface area contributed by atoms with Gasteiger partial charge in [-0.3, -0.25) is 0 Å². The summed E-state index contributed by atoms with van der Waals surface area (Å²) in [6.07, 6.45) is 3.24. The van der Waals surface area contributed by atoms with Gasteiger partial charge in [0.15, 0.2) is 0 Å². The van der Waals surface area contributed by atoms with Gasteiger partial charge in [-0.05, 0) is 19.1 Å². The molecule has 0 saturated carbocycles. The van der Waals surface area contributed by atoms with Gasteiger partial charge in [0, 0.05) is 12.4 Å². The van der Waals surface area contributed by atoms with Crippen LogP contribution in [0.1, 0.15) is 5.82 Å². The summed E-state index contributed by atoms with van der Waals surface area (Å²) in [7, 11) is 0. The van der Waals surface area contributed by atoms with E-state index in [-0.39, 0.29) is 0 Å². The van der Waals surface area contributed by atoms with E-state index in [4.69, 9.17) is 11.6 Å². The maximum Gasteiger partial charge on any atom is 0.229 e. The summed E-state index contributed by atoms with van der Waals surface area (Å²) in [6, 6.07) is 3.34. The van der Waals surface area contributed by atoms with E-state index >= 15 is 0 Å². The third-order valence-corrected chi connectivity index (χ3v) is 1.85. The Bertz CT molecular complexity index is 430. The van der Waals surface area contributed by atoms with E-state index in [2.05, 4.69) is 25.3 Å². The van der Waals surface area contributed by atoms with Crippen molar-refractivity contribution < 1.29 is 0 Å². The van der Waals surface area contributed by atoms with Crippen LogP contribution in [0.25, 0.3) is 0 Å². The molecule has 2 aromatic rings. The summed E-state index contributed by atoms with van der Waals surface area (Å²) >= 11 is 5.72. The van der Waals surface area contributed by atoms with Crippen LogP contribution in [0.5, 0.6) is 0 Å². The average molecular weight is 222 g/mol. The van der Waals surface area contributed by atoms with Crippen LogP contribution in [0.4, 0.5) is 11.8 Å². The minimum atomic E-state index is 0.387. The summed E-state index contributed by atoms with van der Waals surface area (Å²) in [4.78, 5) is 16.1. The molecule has 76 valence electrons. The molecule has 0 aliphatic heterocycles. The van der Waals surface area contributed by atoms with Crippen molar-refractivity contribution in [3.63, 3.8) is 0 Å². The molecule has 0 aliphatic rings. The first kappa shape index (κ1) is 9.79. The van der Waals surface area contributed by atoms with Gasteiger partial charge in [-0.25, -0.2) is 19.9 Å². The lowest BCUT2D eigenvalue weighted by molar-refractivity contribution is 1.05. The van der Waals surface area contributed by atoms with E-state index in [9.17, 15) is 0 Å². The maximum atomic E-state index is 5.72. The molecule has 6 heteroatoms. The Morgan fingerprint density at radius 1 is 1.13 bits per heavy atom. The van der Waals surface area contributed by atoms with Gasteiger partial charge in [-0.1, -0.05) is 11.6 Å². The summed E-state index contributed by atoms with van der Waals surface area (Å²) < 4.78 is 0. The molecule has 2 heterocycles. The molecule has 0 aromatic carbocycles. The summed E-state index contributed by atoms with van der Waals surface area (Å²) in [5.41, 5.74) is 0. The van der Waals surface area contributed by atoms with Crippen LogP contribution < -0.4 is 5.32 Å². The number of aryl methyl sites for hydroxylation is 1. The predicted octanol–water partition coefficient (Wildman–Crippen LogP) is 1.97. The van der Waals surface area contributed by atoms with Gasteiger partial charge < -0.3 is 5.32 Å². The van der Waals surface area contributed by atoms with Crippen LogP contribution in [-0.2, 0) is 0 Å². The van der Waals surface area contributed by atoms with Crippen LogP contribution >= 0.6 is 11.6 Å². The molecule has 5 nitrogen and oxygen atoms in total. The second kappa shape index (κ2) is 4.18. The second-order valence-electron chi connectivity index (χ2n) is 2.82. The zero-order valence-corrected chi connectivity index (χ0v) is 8.73. The molecule has 0 saturated heterocycles. The van der Waals surface area contributed by atoms with Gasteiger partial charge in [0.2, 0.25) is 5.95 Å². The fraction of sp³-hybridized carbons (Fsp3) is 0.111.